The van der Waals surface area contributed by atoms with Gasteiger partial charge in [-0.05, 0) is 12.2 Å². The number of carbonyl (C=O) groups is 1. The van der Waals surface area contributed by atoms with Crippen molar-refractivity contribution < 1.29 is 4.79 Å². The minimum Gasteiger partial charge on any atom is -0.337 e. The maximum atomic E-state index is 10.6. The Morgan fingerprint density at radius 2 is 2.56 bits per heavy atom. The number of aromatic nitrogens is 2. The van der Waals surface area contributed by atoms with E-state index in [2.05, 4.69) is 4.98 Å². The van der Waals surface area contributed by atoms with Crippen LogP contribution >= 0.6 is 12.2 Å². The monoisotopic (exact) mass is 142 g/mol. The molecule has 1 heterocycles. The second-order valence-corrected chi connectivity index (χ2v) is 2.04. The number of rotatable bonds is 0. The van der Waals surface area contributed by atoms with E-state index in [4.69, 9.17) is 12.2 Å². The lowest BCUT2D eigenvalue weighted by Crippen LogP contribution is -2.02. The molecule has 0 saturated heterocycles. The SMILES string of the molecule is CC(=O)n1cc[nH]c1=S. The predicted octanol–water partition coefficient (Wildman–Crippen LogP) is 1.21. The van der Waals surface area contributed by atoms with Crippen LogP contribution in [0.3, 0.4) is 0 Å². The molecule has 0 radical (unpaired) electrons. The number of hydrogen-bond acceptors (Lipinski definition) is 2. The Labute approximate surface area is 57.3 Å². The molecule has 1 N–H and O–H groups in total. The van der Waals surface area contributed by atoms with Crippen LogP contribution in [0.5, 0.6) is 0 Å². The van der Waals surface area contributed by atoms with Crippen LogP contribution in [-0.2, 0) is 0 Å². The first-order chi connectivity index (χ1) is 4.22. The van der Waals surface area contributed by atoms with Crippen molar-refractivity contribution in [2.75, 3.05) is 0 Å². The Morgan fingerprint density at radius 3 is 2.78 bits per heavy atom. The van der Waals surface area contributed by atoms with Crippen LogP contribution in [0, 0.1) is 4.77 Å². The molecule has 1 rings (SSSR count). The Bertz CT molecular complexity index is 272. The van der Waals surface area contributed by atoms with Crippen molar-refractivity contribution in [2.24, 2.45) is 0 Å². The smallest absolute Gasteiger partial charge is 0.229 e. The molecule has 3 nitrogen and oxygen atoms in total. The van der Waals surface area contributed by atoms with Crippen LogP contribution < -0.4 is 0 Å². The third kappa shape index (κ3) is 1.08. The van der Waals surface area contributed by atoms with Crippen LogP contribution in [0.4, 0.5) is 0 Å². The van der Waals surface area contributed by atoms with Crippen LogP contribution in [-0.4, -0.2) is 15.5 Å². The van der Waals surface area contributed by atoms with E-state index in [0.29, 0.717) is 4.77 Å². The number of imidazole rings is 1. The molecule has 1 aromatic rings. The molecule has 0 aromatic carbocycles. The van der Waals surface area contributed by atoms with E-state index >= 15 is 0 Å². The highest BCUT2D eigenvalue weighted by Crippen LogP contribution is 1.88. The van der Waals surface area contributed by atoms with E-state index < -0.39 is 0 Å². The molecule has 0 atom stereocenters. The molecule has 4 heteroatoms. The molecular formula is C5H6N2OS. The lowest BCUT2D eigenvalue weighted by molar-refractivity contribution is 0.0935. The molecule has 0 aliphatic carbocycles. The second kappa shape index (κ2) is 2.14. The summed E-state index contributed by atoms with van der Waals surface area (Å²) in [4.78, 5) is 13.3. The van der Waals surface area contributed by atoms with Gasteiger partial charge < -0.3 is 4.98 Å². The van der Waals surface area contributed by atoms with E-state index in [0.717, 1.165) is 0 Å². The molecule has 48 valence electrons. The van der Waals surface area contributed by atoms with Gasteiger partial charge in [-0.1, -0.05) is 0 Å². The summed E-state index contributed by atoms with van der Waals surface area (Å²) in [5, 5.41) is 0. The largest absolute Gasteiger partial charge is 0.337 e. The molecule has 0 spiro atoms. The number of carbonyl (C=O) groups excluding carboxylic acids is 1. The number of H-pyrrole nitrogens is 1. The molecule has 0 aliphatic heterocycles. The quantitative estimate of drug-likeness (QED) is 0.553. The molecule has 0 unspecified atom stereocenters. The van der Waals surface area contributed by atoms with Crippen LogP contribution in [0.25, 0.3) is 0 Å². The van der Waals surface area contributed by atoms with Gasteiger partial charge in [-0.2, -0.15) is 0 Å². The minimum absolute atomic E-state index is 0.0683. The Morgan fingerprint density at radius 1 is 1.89 bits per heavy atom. The third-order valence-corrected chi connectivity index (χ3v) is 1.30. The van der Waals surface area contributed by atoms with Crippen LogP contribution in [0.2, 0.25) is 0 Å². The summed E-state index contributed by atoms with van der Waals surface area (Å²) in [5.41, 5.74) is 0. The summed E-state index contributed by atoms with van der Waals surface area (Å²) in [5.74, 6) is -0.0683. The first-order valence-electron chi connectivity index (χ1n) is 2.49. The van der Waals surface area contributed by atoms with Gasteiger partial charge in [0.05, 0.1) is 0 Å². The highest BCUT2D eigenvalue weighted by Gasteiger charge is 1.94. The normalized spacial score (nSPS) is 9.44. The fourth-order valence-corrected chi connectivity index (χ4v) is 0.826. The van der Waals surface area contributed by atoms with Crippen molar-refractivity contribution in [3.63, 3.8) is 0 Å². The summed E-state index contributed by atoms with van der Waals surface area (Å²) in [7, 11) is 0. The summed E-state index contributed by atoms with van der Waals surface area (Å²) < 4.78 is 1.82. The van der Waals surface area contributed by atoms with E-state index in [1.54, 1.807) is 12.4 Å². The molecule has 0 saturated carbocycles. The molecule has 1 aromatic heterocycles. The number of hydrogen-bond donors (Lipinski definition) is 1. The molecular weight excluding hydrogens is 136 g/mol. The fraction of sp³-hybridized carbons (Fsp3) is 0.200. The van der Waals surface area contributed by atoms with Crippen molar-refractivity contribution in [1.82, 2.24) is 9.55 Å². The number of aromatic amines is 1. The van der Waals surface area contributed by atoms with Crippen molar-refractivity contribution >= 4 is 18.1 Å². The zero-order valence-corrected chi connectivity index (χ0v) is 5.73. The highest BCUT2D eigenvalue weighted by atomic mass is 32.1. The first kappa shape index (κ1) is 6.22. The molecule has 0 aliphatic rings. The van der Waals surface area contributed by atoms with E-state index in [9.17, 15) is 4.79 Å². The van der Waals surface area contributed by atoms with Gasteiger partial charge in [-0.3, -0.25) is 9.36 Å². The zero-order chi connectivity index (χ0) is 6.85. The van der Waals surface area contributed by atoms with Gasteiger partial charge in [-0.15, -0.1) is 0 Å². The van der Waals surface area contributed by atoms with Crippen molar-refractivity contribution in [3.05, 3.63) is 17.2 Å². The van der Waals surface area contributed by atoms with Gasteiger partial charge in [0.1, 0.15) is 0 Å². The summed E-state index contributed by atoms with van der Waals surface area (Å²) in [6.07, 6.45) is 3.23. The fourth-order valence-electron chi connectivity index (χ4n) is 0.568. The van der Waals surface area contributed by atoms with Gasteiger partial charge in [-0.25, -0.2) is 0 Å². The molecule has 0 bridgehead atoms. The van der Waals surface area contributed by atoms with Gasteiger partial charge in [0.15, 0.2) is 4.77 Å². The average Bonchev–Trinajstić information content (AvgIpc) is 2.13. The second-order valence-electron chi connectivity index (χ2n) is 1.65. The van der Waals surface area contributed by atoms with E-state index in [-0.39, 0.29) is 5.91 Å². The highest BCUT2D eigenvalue weighted by molar-refractivity contribution is 7.71. The zero-order valence-electron chi connectivity index (χ0n) is 4.92. The van der Waals surface area contributed by atoms with Gasteiger partial charge in [0.25, 0.3) is 0 Å². The van der Waals surface area contributed by atoms with Gasteiger partial charge in [0, 0.05) is 19.3 Å². The molecule has 0 fully saturated rings. The Kier molecular flexibility index (Phi) is 1.48. The van der Waals surface area contributed by atoms with E-state index in [1.165, 1.54) is 11.5 Å². The van der Waals surface area contributed by atoms with Crippen LogP contribution in [0.15, 0.2) is 12.4 Å². The third-order valence-electron chi connectivity index (χ3n) is 0.988. The number of nitrogens with zero attached hydrogens (tertiary/aromatic N) is 1. The predicted molar refractivity (Wildman–Crippen MR) is 35.9 cm³/mol. The minimum atomic E-state index is -0.0683. The summed E-state index contributed by atoms with van der Waals surface area (Å²) in [6, 6.07) is 0. The number of nitrogens with one attached hydrogen (secondary N) is 1. The molecule has 0 amide bonds. The van der Waals surface area contributed by atoms with Crippen molar-refractivity contribution in [3.8, 4) is 0 Å². The summed E-state index contributed by atoms with van der Waals surface area (Å²) in [6.45, 7) is 1.46. The van der Waals surface area contributed by atoms with Crippen molar-refractivity contribution in [2.45, 2.75) is 6.92 Å². The maximum absolute atomic E-state index is 10.6. The lowest BCUT2D eigenvalue weighted by atomic mass is 10.7. The summed E-state index contributed by atoms with van der Waals surface area (Å²) >= 11 is 4.75. The van der Waals surface area contributed by atoms with Gasteiger partial charge in [0.2, 0.25) is 5.91 Å². The molecule has 9 heavy (non-hydrogen) atoms. The van der Waals surface area contributed by atoms with Crippen molar-refractivity contribution in [1.29, 1.82) is 0 Å². The Hall–Kier alpha value is -0.900. The van der Waals surface area contributed by atoms with Gasteiger partial charge >= 0.3 is 0 Å². The standard InChI is InChI=1S/C5H6N2OS/c1-4(8)7-3-2-6-5(7)9/h2-3H,1H3,(H,6,9). The average molecular weight is 142 g/mol. The lowest BCUT2D eigenvalue weighted by Gasteiger charge is -1.89. The topological polar surface area (TPSA) is 37.8 Å². The van der Waals surface area contributed by atoms with Crippen LogP contribution in [0.1, 0.15) is 11.7 Å². The first-order valence-corrected chi connectivity index (χ1v) is 2.89. The van der Waals surface area contributed by atoms with E-state index in [1.807, 2.05) is 0 Å². The Balaban J connectivity index is 3.24. The maximum Gasteiger partial charge on any atom is 0.229 e.